The quantitative estimate of drug-likeness (QED) is 0.702. The van der Waals surface area contributed by atoms with E-state index in [-0.39, 0.29) is 5.82 Å². The van der Waals surface area contributed by atoms with Gasteiger partial charge in [0.05, 0.1) is 6.54 Å². The summed E-state index contributed by atoms with van der Waals surface area (Å²) in [6, 6.07) is 8.46. The molecule has 1 aromatic heterocycles. The molecule has 0 saturated heterocycles. The van der Waals surface area contributed by atoms with Gasteiger partial charge in [0, 0.05) is 11.3 Å². The Morgan fingerprint density at radius 1 is 1.44 bits per heavy atom. The van der Waals surface area contributed by atoms with Gasteiger partial charge in [-0.25, -0.2) is 4.39 Å². The topological polar surface area (TPSA) is 17.8 Å². The Hall–Kier alpha value is -2.08. The summed E-state index contributed by atoms with van der Waals surface area (Å²) in [4.78, 5) is 0. The van der Waals surface area contributed by atoms with Gasteiger partial charge in [-0.3, -0.25) is 4.68 Å². The minimum atomic E-state index is -0.223. The molecule has 0 N–H and O–H groups in total. The molecule has 2 rings (SSSR count). The Morgan fingerprint density at radius 3 is 2.81 bits per heavy atom. The minimum Gasteiger partial charge on any atom is -0.264 e. The lowest BCUT2D eigenvalue weighted by molar-refractivity contribution is 0.580. The van der Waals surface area contributed by atoms with Crippen molar-refractivity contribution in [1.29, 1.82) is 0 Å². The van der Waals surface area contributed by atoms with Crippen LogP contribution in [0.5, 0.6) is 0 Å². The van der Waals surface area contributed by atoms with E-state index in [9.17, 15) is 4.39 Å². The van der Waals surface area contributed by atoms with Crippen LogP contribution in [-0.4, -0.2) is 9.78 Å². The van der Waals surface area contributed by atoms with Crippen molar-refractivity contribution in [3.05, 3.63) is 53.1 Å². The van der Waals surface area contributed by atoms with E-state index in [2.05, 4.69) is 11.0 Å². The normalized spacial score (nSPS) is 10.1. The van der Waals surface area contributed by atoms with Crippen LogP contribution in [0, 0.1) is 25.1 Å². The van der Waals surface area contributed by atoms with E-state index in [4.69, 9.17) is 6.42 Å². The van der Waals surface area contributed by atoms with Crippen molar-refractivity contribution in [3.63, 3.8) is 0 Å². The molecule has 0 bridgehead atoms. The van der Waals surface area contributed by atoms with E-state index in [1.54, 1.807) is 28.9 Å². The van der Waals surface area contributed by atoms with E-state index in [0.717, 1.165) is 5.69 Å². The summed E-state index contributed by atoms with van der Waals surface area (Å²) in [5, 5.41) is 4.18. The van der Waals surface area contributed by atoms with Crippen molar-refractivity contribution in [1.82, 2.24) is 9.78 Å². The third-order valence-corrected chi connectivity index (χ3v) is 2.41. The highest BCUT2D eigenvalue weighted by Gasteiger charge is 2.06. The van der Waals surface area contributed by atoms with Gasteiger partial charge in [0.15, 0.2) is 0 Å². The predicted octanol–water partition coefficient (Wildman–Crippen LogP) is 2.36. The molecule has 2 nitrogen and oxygen atoms in total. The van der Waals surface area contributed by atoms with E-state index < -0.39 is 0 Å². The average Bonchev–Trinajstić information content (AvgIpc) is 2.63. The number of hydrogen-bond donors (Lipinski definition) is 0. The van der Waals surface area contributed by atoms with Gasteiger partial charge in [0.2, 0.25) is 0 Å². The van der Waals surface area contributed by atoms with Crippen molar-refractivity contribution in [2.75, 3.05) is 0 Å². The zero-order chi connectivity index (χ0) is 11.5. The molecule has 0 aliphatic heterocycles. The fraction of sp³-hybridized carbons (Fsp3) is 0.154. The largest absolute Gasteiger partial charge is 0.264 e. The Morgan fingerprint density at radius 2 is 2.19 bits per heavy atom. The molecule has 0 fully saturated rings. The third-order valence-electron chi connectivity index (χ3n) is 2.41. The van der Waals surface area contributed by atoms with E-state index >= 15 is 0 Å². The first-order valence-electron chi connectivity index (χ1n) is 4.95. The first-order chi connectivity index (χ1) is 7.70. The maximum atomic E-state index is 13.4. The Balaban J connectivity index is 2.31. The summed E-state index contributed by atoms with van der Waals surface area (Å²) < 4.78 is 15.1. The molecule has 1 heterocycles. The maximum Gasteiger partial charge on any atom is 0.135 e. The van der Waals surface area contributed by atoms with Crippen molar-refractivity contribution in [3.8, 4) is 12.3 Å². The summed E-state index contributed by atoms with van der Waals surface area (Å²) >= 11 is 0. The molecule has 0 saturated carbocycles. The molecule has 0 spiro atoms. The molecule has 0 unspecified atom stereocenters. The number of nitrogens with zero attached hydrogens (tertiary/aromatic N) is 2. The van der Waals surface area contributed by atoms with Crippen molar-refractivity contribution in [2.45, 2.75) is 13.5 Å². The number of benzene rings is 1. The molecular weight excluding hydrogens is 203 g/mol. The first kappa shape index (κ1) is 10.4. The van der Waals surface area contributed by atoms with Gasteiger partial charge in [-0.2, -0.15) is 5.10 Å². The monoisotopic (exact) mass is 214 g/mol. The average molecular weight is 214 g/mol. The SMILES string of the molecule is C#Cc1cc(C)n(Cc2ccccc2F)n1. The fourth-order valence-electron chi connectivity index (χ4n) is 1.53. The molecule has 3 heteroatoms. The molecule has 1 aromatic carbocycles. The van der Waals surface area contributed by atoms with Crippen molar-refractivity contribution < 1.29 is 4.39 Å². The number of rotatable bonds is 2. The summed E-state index contributed by atoms with van der Waals surface area (Å²) in [5.41, 5.74) is 2.11. The van der Waals surface area contributed by atoms with Gasteiger partial charge >= 0.3 is 0 Å². The van der Waals surface area contributed by atoms with Crippen LogP contribution >= 0.6 is 0 Å². The Kier molecular flexibility index (Phi) is 2.74. The van der Waals surface area contributed by atoms with Gasteiger partial charge in [-0.15, -0.1) is 6.42 Å². The third kappa shape index (κ3) is 1.96. The van der Waals surface area contributed by atoms with Crippen LogP contribution in [0.15, 0.2) is 30.3 Å². The highest BCUT2D eigenvalue weighted by molar-refractivity contribution is 5.26. The zero-order valence-electron chi connectivity index (χ0n) is 8.94. The molecule has 0 amide bonds. The second-order valence-corrected chi connectivity index (χ2v) is 3.56. The molecule has 80 valence electrons. The summed E-state index contributed by atoms with van der Waals surface area (Å²) in [6.45, 7) is 2.30. The second-order valence-electron chi connectivity index (χ2n) is 3.56. The lowest BCUT2D eigenvalue weighted by atomic mass is 10.2. The Bertz CT molecular complexity index is 549. The van der Waals surface area contributed by atoms with Crippen LogP contribution in [0.2, 0.25) is 0 Å². The minimum absolute atomic E-state index is 0.223. The summed E-state index contributed by atoms with van der Waals surface area (Å²) in [5.74, 6) is 2.24. The number of aromatic nitrogens is 2. The van der Waals surface area contributed by atoms with Crippen LogP contribution in [0.4, 0.5) is 4.39 Å². The first-order valence-corrected chi connectivity index (χ1v) is 4.95. The van der Waals surface area contributed by atoms with Crippen LogP contribution in [0.25, 0.3) is 0 Å². The van der Waals surface area contributed by atoms with Crippen LogP contribution in [-0.2, 0) is 6.54 Å². The number of hydrogen-bond acceptors (Lipinski definition) is 1. The van der Waals surface area contributed by atoms with Gasteiger partial charge in [-0.1, -0.05) is 18.2 Å². The molecule has 2 aromatic rings. The van der Waals surface area contributed by atoms with E-state index in [1.165, 1.54) is 6.07 Å². The summed E-state index contributed by atoms with van der Waals surface area (Å²) in [7, 11) is 0. The summed E-state index contributed by atoms with van der Waals surface area (Å²) in [6.07, 6.45) is 5.26. The van der Waals surface area contributed by atoms with Gasteiger partial charge < -0.3 is 0 Å². The lowest BCUT2D eigenvalue weighted by Gasteiger charge is -2.05. The van der Waals surface area contributed by atoms with Crippen LogP contribution in [0.1, 0.15) is 17.0 Å². The number of halogens is 1. The van der Waals surface area contributed by atoms with Crippen molar-refractivity contribution >= 4 is 0 Å². The van der Waals surface area contributed by atoms with Gasteiger partial charge in [0.25, 0.3) is 0 Å². The van der Waals surface area contributed by atoms with E-state index in [0.29, 0.717) is 17.8 Å². The smallest absolute Gasteiger partial charge is 0.135 e. The van der Waals surface area contributed by atoms with Gasteiger partial charge in [0.1, 0.15) is 11.5 Å². The molecular formula is C13H11FN2. The lowest BCUT2D eigenvalue weighted by Crippen LogP contribution is -2.05. The highest BCUT2D eigenvalue weighted by atomic mass is 19.1. The number of terminal acetylenes is 1. The number of aryl methyl sites for hydroxylation is 1. The molecule has 0 radical (unpaired) electrons. The van der Waals surface area contributed by atoms with Crippen LogP contribution in [0.3, 0.4) is 0 Å². The molecule has 16 heavy (non-hydrogen) atoms. The molecule has 0 aliphatic carbocycles. The fourth-order valence-corrected chi connectivity index (χ4v) is 1.53. The standard InChI is InChI=1S/C13H11FN2/c1-3-12-8-10(2)16(15-12)9-11-6-4-5-7-13(11)14/h1,4-8H,9H2,2H3. The Labute approximate surface area is 93.7 Å². The molecule has 0 aliphatic rings. The maximum absolute atomic E-state index is 13.4. The highest BCUT2D eigenvalue weighted by Crippen LogP contribution is 2.10. The zero-order valence-corrected chi connectivity index (χ0v) is 8.94. The van der Waals surface area contributed by atoms with Crippen LogP contribution < -0.4 is 0 Å². The van der Waals surface area contributed by atoms with E-state index in [1.807, 2.05) is 6.92 Å². The van der Waals surface area contributed by atoms with Gasteiger partial charge in [-0.05, 0) is 25.0 Å². The second kappa shape index (κ2) is 4.19. The molecule has 0 atom stereocenters. The van der Waals surface area contributed by atoms with Crippen molar-refractivity contribution in [2.24, 2.45) is 0 Å². The predicted molar refractivity (Wildman–Crippen MR) is 60.4 cm³/mol.